The van der Waals surface area contributed by atoms with Gasteiger partial charge in [-0.3, -0.25) is 9.59 Å². The highest BCUT2D eigenvalue weighted by molar-refractivity contribution is 5.84. The van der Waals surface area contributed by atoms with Gasteiger partial charge in [0.25, 0.3) is 5.56 Å². The Morgan fingerprint density at radius 3 is 2.36 bits per heavy atom. The van der Waals surface area contributed by atoms with Gasteiger partial charge in [-0.05, 0) is 12.5 Å². The molecule has 1 aromatic carbocycles. The molecule has 11 heteroatoms. The second-order valence-corrected chi connectivity index (χ2v) is 8.06. The van der Waals surface area contributed by atoms with Crippen LogP contribution in [0.4, 0.5) is 19.1 Å². The minimum absolute atomic E-state index is 0.00330. The summed E-state index contributed by atoms with van der Waals surface area (Å²) in [5, 5.41) is 8.09. The molecule has 3 aromatic rings. The van der Waals surface area contributed by atoms with E-state index in [1.165, 1.54) is 0 Å². The van der Waals surface area contributed by atoms with E-state index in [0.717, 1.165) is 23.5 Å². The highest BCUT2D eigenvalue weighted by Crippen LogP contribution is 2.28. The van der Waals surface area contributed by atoms with Crippen LogP contribution in [-0.4, -0.2) is 57.2 Å². The van der Waals surface area contributed by atoms with Gasteiger partial charge < -0.3 is 9.80 Å². The summed E-state index contributed by atoms with van der Waals surface area (Å²) < 4.78 is 38.0. The second kappa shape index (κ2) is 9.16. The quantitative estimate of drug-likeness (QED) is 0.629. The Labute approximate surface area is 187 Å². The zero-order valence-electron chi connectivity index (χ0n) is 18.0. The fraction of sp³-hybridized carbons (Fsp3) is 0.409. The number of nitrogens with one attached hydrogen (secondary N) is 1. The first-order valence-corrected chi connectivity index (χ1v) is 10.6. The molecule has 1 atom stereocenters. The number of halogens is 3. The molecule has 3 heterocycles. The van der Waals surface area contributed by atoms with Crippen molar-refractivity contribution in [3.63, 3.8) is 0 Å². The Kier molecular flexibility index (Phi) is 6.30. The van der Waals surface area contributed by atoms with Crippen molar-refractivity contribution < 1.29 is 18.0 Å². The molecule has 1 saturated heterocycles. The van der Waals surface area contributed by atoms with E-state index in [1.54, 1.807) is 21.9 Å². The van der Waals surface area contributed by atoms with Crippen molar-refractivity contribution >= 4 is 22.6 Å². The minimum Gasteiger partial charge on any atom is -0.339 e. The van der Waals surface area contributed by atoms with E-state index in [9.17, 15) is 22.8 Å². The van der Waals surface area contributed by atoms with Gasteiger partial charge in [0.2, 0.25) is 11.9 Å². The third kappa shape index (κ3) is 4.96. The van der Waals surface area contributed by atoms with Gasteiger partial charge in [0.05, 0.1) is 16.6 Å². The van der Waals surface area contributed by atoms with Crippen LogP contribution in [-0.2, 0) is 11.0 Å². The van der Waals surface area contributed by atoms with Gasteiger partial charge in [0, 0.05) is 56.3 Å². The van der Waals surface area contributed by atoms with E-state index in [0.29, 0.717) is 44.4 Å². The maximum atomic E-state index is 12.7. The van der Waals surface area contributed by atoms with Crippen LogP contribution in [0, 0.1) is 0 Å². The molecule has 1 aliphatic heterocycles. The van der Waals surface area contributed by atoms with Gasteiger partial charge in [0.15, 0.2) is 0 Å². The average Bonchev–Trinajstić information content (AvgIpc) is 2.82. The summed E-state index contributed by atoms with van der Waals surface area (Å²) in [5.41, 5.74) is -0.381. The summed E-state index contributed by atoms with van der Waals surface area (Å²) in [7, 11) is 0. The van der Waals surface area contributed by atoms with Crippen LogP contribution in [0.2, 0.25) is 0 Å². The number of nitrogens with zero attached hydrogens (tertiary/aromatic N) is 5. The fourth-order valence-electron chi connectivity index (χ4n) is 3.93. The molecule has 33 heavy (non-hydrogen) atoms. The number of aromatic amines is 1. The molecule has 8 nitrogen and oxygen atoms in total. The van der Waals surface area contributed by atoms with Gasteiger partial charge in [-0.15, -0.1) is 0 Å². The number of hydrogen-bond acceptors (Lipinski definition) is 6. The predicted molar refractivity (Wildman–Crippen MR) is 116 cm³/mol. The summed E-state index contributed by atoms with van der Waals surface area (Å²) in [4.78, 5) is 35.8. The van der Waals surface area contributed by atoms with E-state index in [-0.39, 0.29) is 23.3 Å². The highest BCUT2D eigenvalue weighted by atomic mass is 19.4. The lowest BCUT2D eigenvalue weighted by Crippen LogP contribution is -2.49. The minimum atomic E-state index is -4.47. The fourth-order valence-corrected chi connectivity index (χ4v) is 3.93. The Morgan fingerprint density at radius 2 is 1.73 bits per heavy atom. The number of piperazine rings is 1. The number of aromatic nitrogens is 4. The monoisotopic (exact) mass is 460 g/mol. The number of carbonyl (C=O) groups excluding carboxylic acids is 1. The molecule has 1 N–H and O–H groups in total. The van der Waals surface area contributed by atoms with Crippen LogP contribution < -0.4 is 10.5 Å². The topological polar surface area (TPSA) is 95.1 Å². The maximum absolute atomic E-state index is 12.7. The molecular formula is C22H23F3N6O2. The van der Waals surface area contributed by atoms with Crippen molar-refractivity contribution in [1.82, 2.24) is 25.1 Å². The zero-order chi connectivity index (χ0) is 23.6. The van der Waals surface area contributed by atoms with Gasteiger partial charge in [-0.2, -0.15) is 18.3 Å². The van der Waals surface area contributed by atoms with Crippen molar-refractivity contribution in [3.8, 4) is 0 Å². The number of rotatable bonds is 5. The van der Waals surface area contributed by atoms with Gasteiger partial charge >= 0.3 is 6.18 Å². The molecule has 0 radical (unpaired) electrons. The van der Waals surface area contributed by atoms with Crippen LogP contribution in [0.1, 0.15) is 36.9 Å². The first-order valence-electron chi connectivity index (χ1n) is 10.6. The summed E-state index contributed by atoms with van der Waals surface area (Å²) in [5.74, 6) is 0.195. The number of carbonyl (C=O) groups is 1. The number of benzene rings is 1. The normalized spacial score (nSPS) is 15.6. The Hall–Kier alpha value is -3.50. The average molecular weight is 460 g/mol. The standard InChI is InChI=1S/C22H23F3N6O2/c1-14(19-16-4-2-3-5-17(16)20(33)29-28-19)6-7-18(32)30-8-10-31(11-9-30)21-26-12-15(13-27-21)22(23,24)25/h2-5,12-14H,6-11H2,1H3,(H,29,33). The number of hydrogen-bond donors (Lipinski definition) is 1. The SMILES string of the molecule is CC(CCC(=O)N1CCN(c2ncc(C(F)(F)F)cn2)CC1)c1n[nH]c(=O)c2ccccc12. The second-order valence-electron chi connectivity index (χ2n) is 8.06. The number of alkyl halides is 3. The van der Waals surface area contributed by atoms with Crippen LogP contribution in [0.5, 0.6) is 0 Å². The lowest BCUT2D eigenvalue weighted by atomic mass is 9.97. The number of anilines is 1. The molecule has 1 amide bonds. The van der Waals surface area contributed by atoms with Crippen molar-refractivity contribution in [2.75, 3.05) is 31.1 Å². The van der Waals surface area contributed by atoms with Crippen molar-refractivity contribution in [2.45, 2.75) is 31.9 Å². The largest absolute Gasteiger partial charge is 0.419 e. The van der Waals surface area contributed by atoms with Crippen molar-refractivity contribution in [3.05, 3.63) is 58.3 Å². The van der Waals surface area contributed by atoms with Gasteiger partial charge in [-0.1, -0.05) is 25.1 Å². The Bertz CT molecular complexity index is 1190. The molecule has 0 spiro atoms. The number of H-pyrrole nitrogens is 1. The molecular weight excluding hydrogens is 437 g/mol. The van der Waals surface area contributed by atoms with E-state index in [2.05, 4.69) is 20.2 Å². The predicted octanol–water partition coefficient (Wildman–Crippen LogP) is 2.96. The van der Waals surface area contributed by atoms with Gasteiger partial charge in [-0.25, -0.2) is 15.1 Å². The first kappa shape index (κ1) is 22.7. The van der Waals surface area contributed by atoms with Crippen molar-refractivity contribution in [1.29, 1.82) is 0 Å². The van der Waals surface area contributed by atoms with Crippen LogP contribution in [0.15, 0.2) is 41.5 Å². The molecule has 4 rings (SSSR count). The summed E-state index contributed by atoms with van der Waals surface area (Å²) in [6.07, 6.45) is -2.03. The van der Waals surface area contributed by atoms with Crippen LogP contribution in [0.25, 0.3) is 10.8 Å². The Balaban J connectivity index is 1.32. The smallest absolute Gasteiger partial charge is 0.339 e. The van der Waals surface area contributed by atoms with Crippen LogP contribution in [0.3, 0.4) is 0 Å². The third-order valence-electron chi connectivity index (χ3n) is 5.86. The number of amides is 1. The van der Waals surface area contributed by atoms with E-state index >= 15 is 0 Å². The molecule has 2 aromatic heterocycles. The summed E-state index contributed by atoms with van der Waals surface area (Å²) in [6, 6.07) is 7.25. The molecule has 0 saturated carbocycles. The lowest BCUT2D eigenvalue weighted by Gasteiger charge is -2.35. The summed E-state index contributed by atoms with van der Waals surface area (Å²) in [6.45, 7) is 3.74. The maximum Gasteiger partial charge on any atom is 0.419 e. The third-order valence-corrected chi connectivity index (χ3v) is 5.86. The van der Waals surface area contributed by atoms with Gasteiger partial charge in [0.1, 0.15) is 0 Å². The Morgan fingerprint density at radius 1 is 1.09 bits per heavy atom. The lowest BCUT2D eigenvalue weighted by molar-refractivity contribution is -0.138. The molecule has 0 bridgehead atoms. The zero-order valence-corrected chi connectivity index (χ0v) is 18.0. The summed E-state index contributed by atoms with van der Waals surface area (Å²) >= 11 is 0. The van der Waals surface area contributed by atoms with E-state index in [4.69, 9.17) is 0 Å². The molecule has 174 valence electrons. The van der Waals surface area contributed by atoms with E-state index in [1.807, 2.05) is 19.1 Å². The van der Waals surface area contributed by atoms with Crippen LogP contribution >= 0.6 is 0 Å². The number of fused-ring (bicyclic) bond motifs is 1. The molecule has 1 unspecified atom stereocenters. The van der Waals surface area contributed by atoms with Crippen molar-refractivity contribution in [2.24, 2.45) is 0 Å². The first-order chi connectivity index (χ1) is 15.7. The molecule has 0 aliphatic carbocycles. The molecule has 1 aliphatic rings. The van der Waals surface area contributed by atoms with E-state index < -0.39 is 11.7 Å². The highest BCUT2D eigenvalue weighted by Gasteiger charge is 2.32. The molecule has 1 fully saturated rings.